The van der Waals surface area contributed by atoms with Crippen LogP contribution in [0.1, 0.15) is 31.2 Å². The molecule has 0 aliphatic carbocycles. The molecule has 20 heavy (non-hydrogen) atoms. The molecule has 0 radical (unpaired) electrons. The van der Waals surface area contributed by atoms with E-state index in [9.17, 15) is 4.79 Å². The van der Waals surface area contributed by atoms with Gasteiger partial charge in [-0.1, -0.05) is 36.8 Å². The highest BCUT2D eigenvalue weighted by Gasteiger charge is 1.98. The van der Waals surface area contributed by atoms with Crippen LogP contribution in [0.4, 0.5) is 0 Å². The molecule has 0 saturated carbocycles. The van der Waals surface area contributed by atoms with E-state index in [0.29, 0.717) is 5.11 Å². The molecule has 0 aliphatic rings. The smallest absolute Gasteiger partial charge is 0.303 e. The third-order valence-electron chi connectivity index (χ3n) is 2.90. The molecule has 110 valence electrons. The van der Waals surface area contributed by atoms with Crippen molar-refractivity contribution in [2.45, 2.75) is 32.1 Å². The van der Waals surface area contributed by atoms with E-state index in [-0.39, 0.29) is 6.42 Å². The first-order valence-electron chi connectivity index (χ1n) is 6.96. The molecule has 0 fully saturated rings. The second-order valence-electron chi connectivity index (χ2n) is 4.62. The molecule has 0 aliphatic heterocycles. The second-order valence-corrected chi connectivity index (χ2v) is 5.03. The summed E-state index contributed by atoms with van der Waals surface area (Å²) in [5.74, 6) is -0.726. The number of benzene rings is 1. The summed E-state index contributed by atoms with van der Waals surface area (Å²) in [4.78, 5) is 10.3. The molecule has 5 heteroatoms. The van der Waals surface area contributed by atoms with Crippen LogP contribution in [0.25, 0.3) is 0 Å². The Morgan fingerprint density at radius 3 is 2.45 bits per heavy atom. The van der Waals surface area contributed by atoms with Crippen molar-refractivity contribution in [1.82, 2.24) is 10.6 Å². The van der Waals surface area contributed by atoms with E-state index in [2.05, 4.69) is 22.8 Å². The maximum absolute atomic E-state index is 10.3. The SMILES string of the molecule is O=C(O)CCCCCNC(=S)NCCc1ccccc1. The number of thiocarbonyl (C=S) groups is 1. The Balaban J connectivity index is 1.97. The lowest BCUT2D eigenvalue weighted by atomic mass is 10.1. The standard InChI is InChI=1S/C15H22N2O2S/c18-14(19)9-5-2-6-11-16-15(20)17-12-10-13-7-3-1-4-8-13/h1,3-4,7-8H,2,5-6,9-12H2,(H,18,19)(H2,16,17,20). The first kappa shape index (κ1) is 16.4. The van der Waals surface area contributed by atoms with Gasteiger partial charge in [0.15, 0.2) is 5.11 Å². The summed E-state index contributed by atoms with van der Waals surface area (Å²) < 4.78 is 0. The number of hydrogen-bond acceptors (Lipinski definition) is 2. The lowest BCUT2D eigenvalue weighted by Gasteiger charge is -2.10. The van der Waals surface area contributed by atoms with Crippen molar-refractivity contribution in [2.75, 3.05) is 13.1 Å². The molecule has 0 bridgehead atoms. The molecule has 1 aromatic rings. The quantitative estimate of drug-likeness (QED) is 0.482. The van der Waals surface area contributed by atoms with E-state index in [1.807, 2.05) is 18.2 Å². The molecule has 4 nitrogen and oxygen atoms in total. The predicted octanol–water partition coefficient (Wildman–Crippen LogP) is 2.34. The van der Waals surface area contributed by atoms with E-state index in [0.717, 1.165) is 38.8 Å². The second kappa shape index (κ2) is 10.2. The Morgan fingerprint density at radius 2 is 1.75 bits per heavy atom. The normalized spacial score (nSPS) is 10.0. The minimum Gasteiger partial charge on any atom is -0.481 e. The van der Waals surface area contributed by atoms with E-state index in [4.69, 9.17) is 17.3 Å². The number of carboxylic acid groups (broad SMARTS) is 1. The summed E-state index contributed by atoms with van der Waals surface area (Å²) in [6.07, 6.45) is 3.77. The zero-order chi connectivity index (χ0) is 14.6. The van der Waals surface area contributed by atoms with E-state index in [1.54, 1.807) is 0 Å². The zero-order valence-corrected chi connectivity index (χ0v) is 12.4. The van der Waals surface area contributed by atoms with Crippen molar-refractivity contribution in [2.24, 2.45) is 0 Å². The highest BCUT2D eigenvalue weighted by molar-refractivity contribution is 7.80. The summed E-state index contributed by atoms with van der Waals surface area (Å²) in [6.45, 7) is 1.60. The average Bonchev–Trinajstić information content (AvgIpc) is 2.43. The molecule has 0 heterocycles. The molecule has 0 atom stereocenters. The van der Waals surface area contributed by atoms with Gasteiger partial charge in [0, 0.05) is 19.5 Å². The molecule has 0 spiro atoms. The number of rotatable bonds is 9. The van der Waals surface area contributed by atoms with E-state index >= 15 is 0 Å². The third kappa shape index (κ3) is 8.48. The molecule has 0 aromatic heterocycles. The largest absolute Gasteiger partial charge is 0.481 e. The van der Waals surface area contributed by atoms with Gasteiger partial charge in [0.2, 0.25) is 0 Å². The summed E-state index contributed by atoms with van der Waals surface area (Å²) in [5, 5.41) is 15.5. The molecule has 0 amide bonds. The minimum absolute atomic E-state index is 0.250. The lowest BCUT2D eigenvalue weighted by molar-refractivity contribution is -0.137. The van der Waals surface area contributed by atoms with Crippen LogP contribution in [0.3, 0.4) is 0 Å². The Bertz CT molecular complexity index is 410. The van der Waals surface area contributed by atoms with Gasteiger partial charge in [0.25, 0.3) is 0 Å². The average molecular weight is 294 g/mol. The monoisotopic (exact) mass is 294 g/mol. The van der Waals surface area contributed by atoms with E-state index in [1.165, 1.54) is 5.56 Å². The van der Waals surface area contributed by atoms with Crippen molar-refractivity contribution >= 4 is 23.3 Å². The van der Waals surface area contributed by atoms with E-state index < -0.39 is 5.97 Å². The number of aliphatic carboxylic acids is 1. The Hall–Kier alpha value is -1.62. The van der Waals surface area contributed by atoms with Crippen LogP contribution in [0.15, 0.2) is 30.3 Å². The number of unbranched alkanes of at least 4 members (excludes halogenated alkanes) is 2. The minimum atomic E-state index is -0.726. The first-order valence-corrected chi connectivity index (χ1v) is 7.37. The third-order valence-corrected chi connectivity index (χ3v) is 3.18. The topological polar surface area (TPSA) is 61.4 Å². The number of carboxylic acids is 1. The Kier molecular flexibility index (Phi) is 8.38. The zero-order valence-electron chi connectivity index (χ0n) is 11.6. The fraction of sp³-hybridized carbons (Fsp3) is 0.467. The highest BCUT2D eigenvalue weighted by Crippen LogP contribution is 1.99. The van der Waals surface area contributed by atoms with Crippen LogP contribution in [0, 0.1) is 0 Å². The first-order chi connectivity index (χ1) is 9.68. The van der Waals surface area contributed by atoms with Gasteiger partial charge in [0.05, 0.1) is 0 Å². The molecular weight excluding hydrogens is 272 g/mol. The summed E-state index contributed by atoms with van der Waals surface area (Å²) >= 11 is 5.17. The molecular formula is C15H22N2O2S. The highest BCUT2D eigenvalue weighted by atomic mass is 32.1. The fourth-order valence-corrected chi connectivity index (χ4v) is 2.01. The van der Waals surface area contributed by atoms with Gasteiger partial charge in [-0.15, -0.1) is 0 Å². The van der Waals surface area contributed by atoms with Gasteiger partial charge in [0.1, 0.15) is 0 Å². The maximum atomic E-state index is 10.3. The molecule has 0 saturated heterocycles. The van der Waals surface area contributed by atoms with Crippen molar-refractivity contribution in [3.8, 4) is 0 Å². The fourth-order valence-electron chi connectivity index (χ4n) is 1.81. The van der Waals surface area contributed by atoms with Gasteiger partial charge >= 0.3 is 5.97 Å². The van der Waals surface area contributed by atoms with Crippen LogP contribution in [-0.4, -0.2) is 29.3 Å². The predicted molar refractivity (Wildman–Crippen MR) is 84.9 cm³/mol. The number of nitrogens with one attached hydrogen (secondary N) is 2. The van der Waals surface area contributed by atoms with Gasteiger partial charge < -0.3 is 15.7 Å². The van der Waals surface area contributed by atoms with Crippen molar-refractivity contribution in [1.29, 1.82) is 0 Å². The maximum Gasteiger partial charge on any atom is 0.303 e. The molecule has 1 rings (SSSR count). The van der Waals surface area contributed by atoms with Gasteiger partial charge in [-0.3, -0.25) is 4.79 Å². The number of hydrogen-bond donors (Lipinski definition) is 3. The van der Waals surface area contributed by atoms with Crippen LogP contribution in [0.5, 0.6) is 0 Å². The van der Waals surface area contributed by atoms with Crippen molar-refractivity contribution < 1.29 is 9.90 Å². The van der Waals surface area contributed by atoms with Crippen LogP contribution in [0.2, 0.25) is 0 Å². The summed E-state index contributed by atoms with van der Waals surface area (Å²) in [5.41, 5.74) is 1.29. The summed E-state index contributed by atoms with van der Waals surface area (Å²) in [6, 6.07) is 10.3. The molecule has 3 N–H and O–H groups in total. The van der Waals surface area contributed by atoms with Gasteiger partial charge in [-0.05, 0) is 37.0 Å². The number of carbonyl (C=O) groups is 1. The Morgan fingerprint density at radius 1 is 1.05 bits per heavy atom. The van der Waals surface area contributed by atoms with Crippen molar-refractivity contribution in [3.05, 3.63) is 35.9 Å². The van der Waals surface area contributed by atoms with Gasteiger partial charge in [-0.25, -0.2) is 0 Å². The molecule has 0 unspecified atom stereocenters. The van der Waals surface area contributed by atoms with Crippen molar-refractivity contribution in [3.63, 3.8) is 0 Å². The lowest BCUT2D eigenvalue weighted by Crippen LogP contribution is -2.36. The van der Waals surface area contributed by atoms with Gasteiger partial charge in [-0.2, -0.15) is 0 Å². The molecule has 1 aromatic carbocycles. The van der Waals surface area contributed by atoms with Crippen LogP contribution >= 0.6 is 12.2 Å². The van der Waals surface area contributed by atoms with Crippen LogP contribution in [-0.2, 0) is 11.2 Å². The summed E-state index contributed by atoms with van der Waals surface area (Å²) in [7, 11) is 0. The van der Waals surface area contributed by atoms with Crippen LogP contribution < -0.4 is 10.6 Å². The Labute approximate surface area is 125 Å².